The van der Waals surface area contributed by atoms with Crippen molar-refractivity contribution in [1.82, 2.24) is 15.3 Å². The Morgan fingerprint density at radius 3 is 2.32 bits per heavy atom. The summed E-state index contributed by atoms with van der Waals surface area (Å²) in [5.41, 5.74) is 8.82. The van der Waals surface area contributed by atoms with E-state index in [4.69, 9.17) is 0 Å². The number of anilines is 1. The molecule has 1 aliphatic heterocycles. The maximum absolute atomic E-state index is 11.9. The van der Waals surface area contributed by atoms with Gasteiger partial charge in [0.2, 0.25) is 0 Å². The van der Waals surface area contributed by atoms with Crippen LogP contribution in [-0.2, 0) is 0 Å². The number of nitrogens with one attached hydrogen (secondary N) is 3. The van der Waals surface area contributed by atoms with E-state index >= 15 is 0 Å². The molecule has 0 aliphatic carbocycles. The van der Waals surface area contributed by atoms with Gasteiger partial charge in [0.05, 0.1) is 4.92 Å². The number of rotatable bonds is 5. The molecule has 4 aromatic rings. The SMILES string of the molecule is Cc1cc(-c2[nH]c3cc(-c4ccc(NC5CCNCC5)c([N+](=O)[O-])c4)ccc3c2C)cc(C)n1. The quantitative estimate of drug-likeness (QED) is 0.257. The number of benzene rings is 2. The van der Waals surface area contributed by atoms with Crippen LogP contribution in [0.15, 0.2) is 48.5 Å². The van der Waals surface area contributed by atoms with Crippen molar-refractivity contribution in [3.05, 3.63) is 75.6 Å². The second-order valence-electron chi connectivity index (χ2n) is 9.18. The molecule has 0 radical (unpaired) electrons. The van der Waals surface area contributed by atoms with Gasteiger partial charge in [-0.25, -0.2) is 0 Å². The molecule has 5 rings (SSSR count). The molecule has 7 nitrogen and oxygen atoms in total. The van der Waals surface area contributed by atoms with Crippen molar-refractivity contribution in [1.29, 1.82) is 0 Å². The van der Waals surface area contributed by atoms with Gasteiger partial charge < -0.3 is 15.6 Å². The number of aryl methyl sites for hydroxylation is 3. The summed E-state index contributed by atoms with van der Waals surface area (Å²) >= 11 is 0. The maximum Gasteiger partial charge on any atom is 0.292 e. The number of nitrogens with zero attached hydrogens (tertiary/aromatic N) is 2. The molecule has 0 bridgehead atoms. The summed E-state index contributed by atoms with van der Waals surface area (Å²) in [5.74, 6) is 0. The molecule has 1 aliphatic rings. The zero-order valence-corrected chi connectivity index (χ0v) is 19.7. The molecule has 0 saturated carbocycles. The van der Waals surface area contributed by atoms with Crippen molar-refractivity contribution in [2.75, 3.05) is 18.4 Å². The second kappa shape index (κ2) is 8.91. The molecule has 7 heteroatoms. The first-order valence-electron chi connectivity index (χ1n) is 11.7. The predicted octanol–water partition coefficient (Wildman–Crippen LogP) is 5.89. The van der Waals surface area contributed by atoms with E-state index in [9.17, 15) is 10.1 Å². The van der Waals surface area contributed by atoms with Gasteiger partial charge in [-0.3, -0.25) is 15.1 Å². The largest absolute Gasteiger partial charge is 0.377 e. The number of hydrogen-bond donors (Lipinski definition) is 3. The Kier molecular flexibility index (Phi) is 5.79. The van der Waals surface area contributed by atoms with Crippen LogP contribution in [0.25, 0.3) is 33.3 Å². The number of nitro groups is 1. The summed E-state index contributed by atoms with van der Waals surface area (Å²) in [6.07, 6.45) is 1.92. The number of pyridine rings is 1. The highest BCUT2D eigenvalue weighted by atomic mass is 16.6. The summed E-state index contributed by atoms with van der Waals surface area (Å²) < 4.78 is 0. The molecule has 174 valence electrons. The highest BCUT2D eigenvalue weighted by Gasteiger charge is 2.20. The molecule has 34 heavy (non-hydrogen) atoms. The Morgan fingerprint density at radius 1 is 0.941 bits per heavy atom. The van der Waals surface area contributed by atoms with Crippen LogP contribution in [0.5, 0.6) is 0 Å². The fourth-order valence-corrected chi connectivity index (χ4v) is 4.96. The number of piperidine rings is 1. The van der Waals surface area contributed by atoms with Gasteiger partial charge in [-0.2, -0.15) is 0 Å². The fourth-order valence-electron chi connectivity index (χ4n) is 4.96. The number of nitro benzene ring substituents is 1. The van der Waals surface area contributed by atoms with Gasteiger partial charge in [0.25, 0.3) is 5.69 Å². The van der Waals surface area contributed by atoms with Gasteiger partial charge in [-0.15, -0.1) is 0 Å². The minimum Gasteiger partial charge on any atom is -0.377 e. The smallest absolute Gasteiger partial charge is 0.292 e. The topological polar surface area (TPSA) is 95.9 Å². The average Bonchev–Trinajstić information content (AvgIpc) is 3.15. The van der Waals surface area contributed by atoms with E-state index in [0.29, 0.717) is 5.69 Å². The van der Waals surface area contributed by atoms with Gasteiger partial charge in [-0.1, -0.05) is 18.2 Å². The molecule has 1 fully saturated rings. The average molecular weight is 456 g/mol. The second-order valence-corrected chi connectivity index (χ2v) is 9.18. The number of H-pyrrole nitrogens is 1. The zero-order valence-electron chi connectivity index (χ0n) is 19.7. The molecular formula is C27H29N5O2. The zero-order chi connectivity index (χ0) is 23.8. The number of aromatic nitrogens is 2. The van der Waals surface area contributed by atoms with Crippen LogP contribution in [0.4, 0.5) is 11.4 Å². The van der Waals surface area contributed by atoms with Crippen molar-refractivity contribution in [3.8, 4) is 22.4 Å². The van der Waals surface area contributed by atoms with Crippen molar-refractivity contribution in [2.24, 2.45) is 0 Å². The molecule has 0 amide bonds. The van der Waals surface area contributed by atoms with Crippen LogP contribution >= 0.6 is 0 Å². The fraction of sp³-hybridized carbons (Fsp3) is 0.296. The monoisotopic (exact) mass is 455 g/mol. The molecule has 0 atom stereocenters. The van der Waals surface area contributed by atoms with E-state index in [2.05, 4.69) is 51.8 Å². The van der Waals surface area contributed by atoms with E-state index in [-0.39, 0.29) is 16.7 Å². The van der Waals surface area contributed by atoms with E-state index in [1.807, 2.05) is 32.0 Å². The Balaban J connectivity index is 1.51. The Hall–Kier alpha value is -3.71. The number of aromatic amines is 1. The first-order chi connectivity index (χ1) is 16.4. The highest BCUT2D eigenvalue weighted by molar-refractivity contribution is 5.93. The summed E-state index contributed by atoms with van der Waals surface area (Å²) in [6, 6.07) is 16.1. The lowest BCUT2D eigenvalue weighted by molar-refractivity contribution is -0.383. The Bertz CT molecular complexity index is 1370. The lowest BCUT2D eigenvalue weighted by atomic mass is 10.0. The first kappa shape index (κ1) is 22.1. The minimum absolute atomic E-state index is 0.113. The molecule has 2 aromatic heterocycles. The Labute approximate surface area is 198 Å². The van der Waals surface area contributed by atoms with Crippen LogP contribution in [0.2, 0.25) is 0 Å². The lowest BCUT2D eigenvalue weighted by Gasteiger charge is -2.24. The van der Waals surface area contributed by atoms with Gasteiger partial charge in [0, 0.05) is 45.7 Å². The molecule has 1 saturated heterocycles. The van der Waals surface area contributed by atoms with E-state index in [1.165, 1.54) is 5.56 Å². The summed E-state index contributed by atoms with van der Waals surface area (Å²) in [4.78, 5) is 19.6. The third-order valence-electron chi connectivity index (χ3n) is 6.65. The van der Waals surface area contributed by atoms with Gasteiger partial charge in [-0.05, 0) is 87.7 Å². The third-order valence-corrected chi connectivity index (χ3v) is 6.65. The lowest BCUT2D eigenvalue weighted by Crippen LogP contribution is -2.35. The molecule has 2 aromatic carbocycles. The molecule has 3 heterocycles. The van der Waals surface area contributed by atoms with Crippen LogP contribution in [0.1, 0.15) is 29.8 Å². The summed E-state index contributed by atoms with van der Waals surface area (Å²) in [6.45, 7) is 7.98. The predicted molar refractivity (Wildman–Crippen MR) is 137 cm³/mol. The number of hydrogen-bond acceptors (Lipinski definition) is 5. The molecular weight excluding hydrogens is 426 g/mol. The first-order valence-corrected chi connectivity index (χ1v) is 11.7. The molecule has 3 N–H and O–H groups in total. The Morgan fingerprint density at radius 2 is 1.62 bits per heavy atom. The van der Waals surface area contributed by atoms with Crippen molar-refractivity contribution in [3.63, 3.8) is 0 Å². The number of fused-ring (bicyclic) bond motifs is 1. The van der Waals surface area contributed by atoms with Gasteiger partial charge in [0.1, 0.15) is 5.69 Å². The van der Waals surface area contributed by atoms with Crippen LogP contribution in [0, 0.1) is 30.9 Å². The van der Waals surface area contributed by atoms with Crippen molar-refractivity contribution in [2.45, 2.75) is 39.7 Å². The normalized spacial score (nSPS) is 14.4. The van der Waals surface area contributed by atoms with Crippen molar-refractivity contribution >= 4 is 22.3 Å². The summed E-state index contributed by atoms with van der Waals surface area (Å²) in [5, 5.41) is 19.7. The maximum atomic E-state index is 11.9. The van der Waals surface area contributed by atoms with Gasteiger partial charge in [0.15, 0.2) is 0 Å². The van der Waals surface area contributed by atoms with Crippen molar-refractivity contribution < 1.29 is 4.92 Å². The van der Waals surface area contributed by atoms with E-state index < -0.39 is 0 Å². The van der Waals surface area contributed by atoms with Gasteiger partial charge >= 0.3 is 0 Å². The standard InChI is InChI=1S/C27H29N5O2/c1-16-12-21(13-17(2)29-16)27-18(3)23-6-4-19(14-25(23)31-27)20-5-7-24(26(15-20)32(33)34)30-22-8-10-28-11-9-22/h4-7,12-15,22,28,30-31H,8-11H2,1-3H3. The van der Waals surface area contributed by atoms with E-state index in [1.54, 1.807) is 6.07 Å². The molecule has 0 spiro atoms. The molecule has 0 unspecified atom stereocenters. The minimum atomic E-state index is -0.295. The highest BCUT2D eigenvalue weighted by Crippen LogP contribution is 2.35. The summed E-state index contributed by atoms with van der Waals surface area (Å²) in [7, 11) is 0. The third kappa shape index (κ3) is 4.26. The van der Waals surface area contributed by atoms with Crippen LogP contribution in [0.3, 0.4) is 0 Å². The van der Waals surface area contributed by atoms with E-state index in [0.717, 1.165) is 70.6 Å². The van der Waals surface area contributed by atoms with Crippen LogP contribution < -0.4 is 10.6 Å². The van der Waals surface area contributed by atoms with Crippen LogP contribution in [-0.4, -0.2) is 34.0 Å².